The number of hydrogen-bond donors (Lipinski definition) is 2. The minimum Gasteiger partial charge on any atom is -0.482 e. The van der Waals surface area contributed by atoms with Gasteiger partial charge in [0.15, 0.2) is 6.61 Å². The van der Waals surface area contributed by atoms with Crippen molar-refractivity contribution in [3.63, 3.8) is 0 Å². The van der Waals surface area contributed by atoms with Crippen LogP contribution in [0.3, 0.4) is 0 Å². The van der Waals surface area contributed by atoms with E-state index in [0.717, 1.165) is 0 Å². The Bertz CT molecular complexity index is 634. The first-order valence-electron chi connectivity index (χ1n) is 7.20. The van der Waals surface area contributed by atoms with Crippen LogP contribution in [0.4, 0.5) is 10.5 Å². The van der Waals surface area contributed by atoms with Gasteiger partial charge in [0.1, 0.15) is 11.4 Å². The standard InChI is InChI=1S/C16H22N2O6/c1-16(2,3)24-15(22)17-11-7-6-10(14(20)21)8-12(11)23-9-13(19)18(4)5/h6-8H,9H2,1-5H3,(H,17,22)(H,20,21). The molecule has 0 unspecified atom stereocenters. The van der Waals surface area contributed by atoms with Crippen LogP contribution in [-0.2, 0) is 9.53 Å². The van der Waals surface area contributed by atoms with E-state index in [0.29, 0.717) is 0 Å². The van der Waals surface area contributed by atoms with E-state index in [-0.39, 0.29) is 29.5 Å². The second-order valence-electron chi connectivity index (χ2n) is 6.22. The molecule has 8 nitrogen and oxygen atoms in total. The molecule has 0 saturated carbocycles. The molecule has 2 N–H and O–H groups in total. The van der Waals surface area contributed by atoms with Crippen LogP contribution in [0.1, 0.15) is 31.1 Å². The van der Waals surface area contributed by atoms with Gasteiger partial charge in [-0.2, -0.15) is 0 Å². The molecule has 0 aliphatic heterocycles. The summed E-state index contributed by atoms with van der Waals surface area (Å²) in [5.74, 6) is -1.39. The summed E-state index contributed by atoms with van der Waals surface area (Å²) in [6.45, 7) is 4.85. The van der Waals surface area contributed by atoms with Crippen LogP contribution in [0.2, 0.25) is 0 Å². The Hall–Kier alpha value is -2.77. The van der Waals surface area contributed by atoms with Crippen LogP contribution in [0, 0.1) is 0 Å². The molecule has 1 aromatic rings. The summed E-state index contributed by atoms with van der Waals surface area (Å²) >= 11 is 0. The van der Waals surface area contributed by atoms with Gasteiger partial charge in [0, 0.05) is 14.1 Å². The summed E-state index contributed by atoms with van der Waals surface area (Å²) in [5.41, 5.74) is -0.509. The number of carbonyl (C=O) groups excluding carboxylic acids is 2. The van der Waals surface area contributed by atoms with Crippen LogP contribution in [0.15, 0.2) is 18.2 Å². The van der Waals surface area contributed by atoms with Crippen molar-refractivity contribution in [2.45, 2.75) is 26.4 Å². The van der Waals surface area contributed by atoms with Crippen LogP contribution in [0.25, 0.3) is 0 Å². The highest BCUT2D eigenvalue weighted by molar-refractivity contribution is 5.92. The Labute approximate surface area is 140 Å². The maximum absolute atomic E-state index is 11.9. The minimum atomic E-state index is -1.15. The maximum atomic E-state index is 11.9. The Balaban J connectivity index is 2.99. The monoisotopic (exact) mass is 338 g/mol. The number of hydrogen-bond acceptors (Lipinski definition) is 5. The van der Waals surface area contributed by atoms with Gasteiger partial charge >= 0.3 is 12.1 Å². The number of aromatic carboxylic acids is 1. The Morgan fingerprint density at radius 1 is 1.21 bits per heavy atom. The van der Waals surface area contributed by atoms with Gasteiger partial charge in [0.05, 0.1) is 11.3 Å². The first-order valence-corrected chi connectivity index (χ1v) is 7.20. The molecule has 0 aliphatic carbocycles. The van der Waals surface area contributed by atoms with Gasteiger partial charge in [-0.1, -0.05) is 0 Å². The molecule has 8 heteroatoms. The number of carboxylic acids is 1. The number of carbonyl (C=O) groups is 3. The molecule has 2 amide bonds. The van der Waals surface area contributed by atoms with Gasteiger partial charge in [-0.15, -0.1) is 0 Å². The quantitative estimate of drug-likeness (QED) is 0.853. The van der Waals surface area contributed by atoms with E-state index in [1.165, 1.54) is 23.1 Å². The van der Waals surface area contributed by atoms with Gasteiger partial charge < -0.3 is 19.5 Å². The molecule has 0 atom stereocenters. The minimum absolute atomic E-state index is 0.0305. The average Bonchev–Trinajstić information content (AvgIpc) is 2.43. The summed E-state index contributed by atoms with van der Waals surface area (Å²) < 4.78 is 10.5. The molecule has 0 aromatic heterocycles. The Morgan fingerprint density at radius 3 is 2.33 bits per heavy atom. The van der Waals surface area contributed by atoms with Crippen molar-refractivity contribution in [2.24, 2.45) is 0 Å². The first kappa shape index (κ1) is 19.3. The van der Waals surface area contributed by atoms with Crippen LogP contribution in [0.5, 0.6) is 5.75 Å². The van der Waals surface area contributed by atoms with E-state index in [9.17, 15) is 14.4 Å². The molecular weight excluding hydrogens is 316 g/mol. The normalized spacial score (nSPS) is 10.7. The number of anilines is 1. The second-order valence-corrected chi connectivity index (χ2v) is 6.22. The van der Waals surface area contributed by atoms with Gasteiger partial charge in [-0.3, -0.25) is 10.1 Å². The highest BCUT2D eigenvalue weighted by atomic mass is 16.6. The van der Waals surface area contributed by atoms with Gasteiger partial charge in [0.25, 0.3) is 5.91 Å². The molecule has 0 radical (unpaired) electrons. The van der Waals surface area contributed by atoms with Crippen molar-refractivity contribution >= 4 is 23.7 Å². The lowest BCUT2D eigenvalue weighted by atomic mass is 10.2. The summed E-state index contributed by atoms with van der Waals surface area (Å²) in [6, 6.07) is 3.93. The molecular formula is C16H22N2O6. The van der Waals surface area contributed by atoms with E-state index < -0.39 is 17.7 Å². The molecule has 1 rings (SSSR count). The fourth-order valence-electron chi connectivity index (χ4n) is 1.56. The fraction of sp³-hybridized carbons (Fsp3) is 0.438. The lowest BCUT2D eigenvalue weighted by Gasteiger charge is -2.20. The van der Waals surface area contributed by atoms with Crippen LogP contribution >= 0.6 is 0 Å². The number of ether oxygens (including phenoxy) is 2. The van der Waals surface area contributed by atoms with Crippen molar-refractivity contribution in [1.29, 1.82) is 0 Å². The predicted octanol–water partition coefficient (Wildman–Crippen LogP) is 2.20. The summed E-state index contributed by atoms with van der Waals surface area (Å²) in [7, 11) is 3.14. The molecule has 132 valence electrons. The first-order chi connectivity index (χ1) is 11.0. The number of benzene rings is 1. The largest absolute Gasteiger partial charge is 0.482 e. The molecule has 0 fully saturated rings. The van der Waals surface area contributed by atoms with Gasteiger partial charge in [0.2, 0.25) is 0 Å². The maximum Gasteiger partial charge on any atom is 0.412 e. The van der Waals surface area contributed by atoms with E-state index in [4.69, 9.17) is 14.6 Å². The van der Waals surface area contributed by atoms with Gasteiger partial charge in [-0.25, -0.2) is 9.59 Å². The zero-order valence-corrected chi connectivity index (χ0v) is 14.4. The van der Waals surface area contributed by atoms with Crippen molar-refractivity contribution in [1.82, 2.24) is 4.90 Å². The van der Waals surface area contributed by atoms with Gasteiger partial charge in [-0.05, 0) is 39.0 Å². The topological polar surface area (TPSA) is 105 Å². The third kappa shape index (κ3) is 6.15. The van der Waals surface area contributed by atoms with Crippen LogP contribution in [-0.4, -0.2) is 54.3 Å². The lowest BCUT2D eigenvalue weighted by molar-refractivity contribution is -0.130. The van der Waals surface area contributed by atoms with Crippen molar-refractivity contribution in [3.05, 3.63) is 23.8 Å². The Morgan fingerprint density at radius 2 is 1.83 bits per heavy atom. The number of rotatable bonds is 5. The number of carboxylic acid groups (broad SMARTS) is 1. The van der Waals surface area contributed by atoms with Crippen molar-refractivity contribution in [3.8, 4) is 5.75 Å². The predicted molar refractivity (Wildman–Crippen MR) is 87.4 cm³/mol. The molecule has 0 bridgehead atoms. The number of nitrogens with zero attached hydrogens (tertiary/aromatic N) is 1. The second kappa shape index (κ2) is 7.67. The zero-order chi connectivity index (χ0) is 18.5. The summed E-state index contributed by atoms with van der Waals surface area (Å²) in [4.78, 5) is 35.9. The molecule has 0 spiro atoms. The van der Waals surface area contributed by atoms with Crippen molar-refractivity contribution in [2.75, 3.05) is 26.0 Å². The molecule has 0 saturated heterocycles. The number of amides is 2. The van der Waals surface area contributed by atoms with E-state index >= 15 is 0 Å². The zero-order valence-electron chi connectivity index (χ0n) is 14.4. The SMILES string of the molecule is CN(C)C(=O)COc1cc(C(=O)O)ccc1NC(=O)OC(C)(C)C. The van der Waals surface area contributed by atoms with Crippen molar-refractivity contribution < 1.29 is 29.0 Å². The highest BCUT2D eigenvalue weighted by Gasteiger charge is 2.19. The molecule has 24 heavy (non-hydrogen) atoms. The third-order valence-corrected chi connectivity index (χ3v) is 2.71. The molecule has 1 aromatic carbocycles. The molecule has 0 aliphatic rings. The van der Waals surface area contributed by atoms with E-state index in [1.54, 1.807) is 34.9 Å². The Kier molecular flexibility index (Phi) is 6.16. The summed E-state index contributed by atoms with van der Waals surface area (Å²) in [6.07, 6.45) is -0.714. The highest BCUT2D eigenvalue weighted by Crippen LogP contribution is 2.27. The smallest absolute Gasteiger partial charge is 0.412 e. The summed E-state index contributed by atoms with van der Waals surface area (Å²) in [5, 5.41) is 11.5. The number of nitrogens with one attached hydrogen (secondary N) is 1. The van der Waals surface area contributed by atoms with Crippen LogP contribution < -0.4 is 10.1 Å². The molecule has 0 heterocycles. The fourth-order valence-corrected chi connectivity index (χ4v) is 1.56. The lowest BCUT2D eigenvalue weighted by Crippen LogP contribution is -2.29. The van der Waals surface area contributed by atoms with E-state index in [1.807, 2.05) is 0 Å². The number of likely N-dealkylation sites (N-methyl/N-ethyl adjacent to an activating group) is 1. The average molecular weight is 338 g/mol. The van der Waals surface area contributed by atoms with E-state index in [2.05, 4.69) is 5.32 Å². The third-order valence-electron chi connectivity index (χ3n) is 2.71.